The molecule has 0 spiro atoms. The molecule has 1 aliphatic rings. The first-order chi connectivity index (χ1) is 27.4. The number of benzene rings is 3. The average Bonchev–Trinajstić information content (AvgIpc) is 3.59. The third kappa shape index (κ3) is 15.1. The molecule has 3 heterocycles. The number of anilines is 1. The summed E-state index contributed by atoms with van der Waals surface area (Å²) >= 11 is 0. The van der Waals surface area contributed by atoms with Crippen molar-refractivity contribution in [2.24, 2.45) is 0 Å². The highest BCUT2D eigenvalue weighted by atomic mass is 16.6. The molecule has 1 fully saturated rings. The number of nitrogen functional groups attached to an aromatic ring is 1. The summed E-state index contributed by atoms with van der Waals surface area (Å²) in [5, 5.41) is 26.3. The third-order valence-electron chi connectivity index (χ3n) is 8.29. The summed E-state index contributed by atoms with van der Waals surface area (Å²) in [5.74, 6) is -1.80. The topological polar surface area (TPSA) is 266 Å². The molecule has 2 aromatic heterocycles. The number of aliphatic carboxylic acids is 1. The van der Waals surface area contributed by atoms with E-state index in [1.807, 2.05) is 65.6 Å². The lowest BCUT2D eigenvalue weighted by Gasteiger charge is -2.19. The van der Waals surface area contributed by atoms with Crippen molar-refractivity contribution in [3.8, 4) is 5.75 Å². The number of nitrogens with zero attached hydrogens (tertiary/aromatic N) is 2. The fourth-order valence-corrected chi connectivity index (χ4v) is 5.37. The minimum atomic E-state index is -1.38. The Morgan fingerprint density at radius 2 is 1.47 bits per heavy atom. The Kier molecular flexibility index (Phi) is 16.5. The third-order valence-corrected chi connectivity index (χ3v) is 8.29. The molecular formula is C40H43N5O12. The van der Waals surface area contributed by atoms with Gasteiger partial charge in [-0.15, -0.1) is 0 Å². The normalized spacial score (nSPS) is 16.1. The quantitative estimate of drug-likeness (QED) is 0.0936. The van der Waals surface area contributed by atoms with Crippen molar-refractivity contribution < 1.29 is 43.9 Å². The monoisotopic (exact) mass is 785 g/mol. The van der Waals surface area contributed by atoms with E-state index in [2.05, 4.69) is 9.97 Å². The van der Waals surface area contributed by atoms with Crippen LogP contribution >= 0.6 is 0 Å². The molecule has 4 atom stereocenters. The fraction of sp³-hybridized carbons (Fsp3) is 0.275. The molecule has 300 valence electrons. The zero-order chi connectivity index (χ0) is 41.2. The molecule has 17 heteroatoms. The van der Waals surface area contributed by atoms with E-state index in [4.69, 9.17) is 35.3 Å². The maximum atomic E-state index is 12.6. The molecule has 5 aromatic rings. The molecule has 6 rings (SSSR count). The Labute approximate surface area is 325 Å². The van der Waals surface area contributed by atoms with Crippen LogP contribution in [0.15, 0.2) is 124 Å². The second-order valence-corrected chi connectivity index (χ2v) is 12.6. The van der Waals surface area contributed by atoms with Crippen LogP contribution in [0.3, 0.4) is 0 Å². The number of carbonyl (C=O) groups is 3. The van der Waals surface area contributed by atoms with Crippen molar-refractivity contribution in [3.05, 3.63) is 157 Å². The number of nitrogens with two attached hydrogens (primary N) is 1. The molecule has 0 radical (unpaired) electrons. The van der Waals surface area contributed by atoms with E-state index < -0.39 is 47.9 Å². The number of aliphatic hydroxyl groups excluding tert-OH is 1. The number of aromatic nitrogens is 4. The van der Waals surface area contributed by atoms with Crippen molar-refractivity contribution in [1.82, 2.24) is 19.5 Å². The van der Waals surface area contributed by atoms with E-state index in [1.165, 1.54) is 41.2 Å². The molecule has 1 aliphatic heterocycles. The Hall–Kier alpha value is -6.85. The van der Waals surface area contributed by atoms with Gasteiger partial charge in [0.25, 0.3) is 5.56 Å². The van der Waals surface area contributed by atoms with Gasteiger partial charge in [-0.3, -0.25) is 23.9 Å². The zero-order valence-corrected chi connectivity index (χ0v) is 30.6. The van der Waals surface area contributed by atoms with Gasteiger partial charge in [0.15, 0.2) is 6.10 Å². The second kappa shape index (κ2) is 21.9. The van der Waals surface area contributed by atoms with Crippen molar-refractivity contribution in [2.75, 3.05) is 12.3 Å². The Balaban J connectivity index is 0.000000278. The maximum absolute atomic E-state index is 12.6. The van der Waals surface area contributed by atoms with Gasteiger partial charge in [-0.2, -0.15) is 4.98 Å². The van der Waals surface area contributed by atoms with Crippen LogP contribution < -0.4 is 22.7 Å². The summed E-state index contributed by atoms with van der Waals surface area (Å²) < 4.78 is 18.4. The number of hydrogen-bond donors (Lipinski definition) is 6. The van der Waals surface area contributed by atoms with Crippen LogP contribution in [0.1, 0.15) is 42.2 Å². The number of esters is 2. The van der Waals surface area contributed by atoms with E-state index in [-0.39, 0.29) is 55.4 Å². The lowest BCUT2D eigenvalue weighted by molar-refractivity contribution is -0.158. The zero-order valence-electron chi connectivity index (χ0n) is 30.6. The minimum absolute atomic E-state index is 0.0512. The van der Waals surface area contributed by atoms with Crippen molar-refractivity contribution in [2.45, 2.75) is 63.1 Å². The van der Waals surface area contributed by atoms with Crippen molar-refractivity contribution >= 4 is 23.7 Å². The first-order valence-electron chi connectivity index (χ1n) is 17.8. The predicted molar refractivity (Wildman–Crippen MR) is 205 cm³/mol. The van der Waals surface area contributed by atoms with E-state index in [1.54, 1.807) is 12.1 Å². The van der Waals surface area contributed by atoms with Gasteiger partial charge < -0.3 is 40.2 Å². The van der Waals surface area contributed by atoms with Gasteiger partial charge in [0.2, 0.25) is 0 Å². The van der Waals surface area contributed by atoms with Crippen LogP contribution in [-0.2, 0) is 47.9 Å². The van der Waals surface area contributed by atoms with Gasteiger partial charge in [0.1, 0.15) is 36.6 Å². The molecule has 1 saturated heterocycles. The van der Waals surface area contributed by atoms with E-state index in [0.717, 1.165) is 11.1 Å². The Morgan fingerprint density at radius 3 is 2.02 bits per heavy atom. The lowest BCUT2D eigenvalue weighted by Crippen LogP contribution is -2.32. The number of aryl methyl sites for hydroxylation is 2. The summed E-state index contributed by atoms with van der Waals surface area (Å²) in [6, 6.07) is 28.0. The van der Waals surface area contributed by atoms with Crippen LogP contribution in [0.5, 0.6) is 5.75 Å². The largest absolute Gasteiger partial charge is 0.508 e. The SMILES string of the molecule is Nc1ccn([C@H]2C[C@H](OC(=O)CCc3ccccc3)[C@@H](COC(=O)CCc3ccccc3)O2)c(=O)n1.O=C(O)C(O)Cc1ccc(O)cc1.O=c1cc[nH]c(=O)[nH]1. The smallest absolute Gasteiger partial charge is 0.351 e. The number of phenolic OH excluding ortho intramolecular Hbond substituents is 1. The molecule has 7 N–H and O–H groups in total. The number of carbonyl (C=O) groups excluding carboxylic acids is 2. The van der Waals surface area contributed by atoms with Gasteiger partial charge in [-0.25, -0.2) is 14.4 Å². The number of H-pyrrole nitrogens is 2. The summed E-state index contributed by atoms with van der Waals surface area (Å²) in [6.45, 7) is -0.0993. The minimum Gasteiger partial charge on any atom is -0.508 e. The van der Waals surface area contributed by atoms with Gasteiger partial charge in [0, 0.05) is 44.1 Å². The number of ether oxygens (including phenoxy) is 3. The average molecular weight is 786 g/mol. The summed E-state index contributed by atoms with van der Waals surface area (Å²) in [5.41, 5.74) is 6.89. The Bertz CT molecular complexity index is 2180. The molecule has 3 aromatic carbocycles. The number of carboxylic acid groups (broad SMARTS) is 1. The van der Waals surface area contributed by atoms with Crippen LogP contribution in [0, 0.1) is 0 Å². The van der Waals surface area contributed by atoms with Gasteiger partial charge in [0.05, 0.1) is 0 Å². The number of aromatic amines is 2. The van der Waals surface area contributed by atoms with E-state index in [9.17, 15) is 28.8 Å². The summed E-state index contributed by atoms with van der Waals surface area (Å²) in [6.07, 6.45) is 1.01. The van der Waals surface area contributed by atoms with Gasteiger partial charge >= 0.3 is 29.3 Å². The molecule has 1 unspecified atom stereocenters. The lowest BCUT2D eigenvalue weighted by atomic mass is 10.1. The van der Waals surface area contributed by atoms with Crippen LogP contribution in [-0.4, -0.2) is 77.7 Å². The standard InChI is InChI=1S/C27H29N3O6.C9H10O4.C4H4N2O2/c28-23-15-16-30(27(33)29-23)24-17-21(36-26(32)14-12-20-9-5-2-6-10-20)22(35-24)18-34-25(31)13-11-19-7-3-1-4-8-19;10-7-3-1-6(2-4-7)5-8(11)9(12)13;7-3-1-2-5-4(8)6-3/h1-10,15-16,21-22,24H,11-14,17-18H2,(H2,28,29,33);1-4,8,10-11H,5H2,(H,12,13);1-2H,(H2,5,6,7,8)/t21-,22+,24+;;/m0../s1. The van der Waals surface area contributed by atoms with Crippen LogP contribution in [0.25, 0.3) is 0 Å². The molecular weight excluding hydrogens is 742 g/mol. The number of aromatic hydroxyl groups is 1. The molecule has 0 saturated carbocycles. The van der Waals surface area contributed by atoms with Gasteiger partial charge in [-0.1, -0.05) is 72.8 Å². The fourth-order valence-electron chi connectivity index (χ4n) is 5.37. The van der Waals surface area contributed by atoms with Crippen molar-refractivity contribution in [3.63, 3.8) is 0 Å². The number of aliphatic hydroxyl groups is 1. The number of phenols is 1. The highest BCUT2D eigenvalue weighted by Crippen LogP contribution is 2.31. The highest BCUT2D eigenvalue weighted by molar-refractivity contribution is 5.72. The van der Waals surface area contributed by atoms with E-state index >= 15 is 0 Å². The number of hydrogen-bond acceptors (Lipinski definition) is 13. The Morgan fingerprint density at radius 1 is 0.860 bits per heavy atom. The maximum Gasteiger partial charge on any atom is 0.351 e. The molecule has 0 bridgehead atoms. The summed E-state index contributed by atoms with van der Waals surface area (Å²) in [7, 11) is 0. The van der Waals surface area contributed by atoms with Crippen molar-refractivity contribution in [1.29, 1.82) is 0 Å². The number of rotatable bonds is 13. The first kappa shape index (κ1) is 42.9. The van der Waals surface area contributed by atoms with Gasteiger partial charge in [-0.05, 0) is 47.7 Å². The highest BCUT2D eigenvalue weighted by Gasteiger charge is 2.40. The summed E-state index contributed by atoms with van der Waals surface area (Å²) in [4.78, 5) is 75.9. The number of carboxylic acids is 1. The molecule has 0 amide bonds. The first-order valence-corrected chi connectivity index (χ1v) is 17.8. The van der Waals surface area contributed by atoms with Crippen LogP contribution in [0.4, 0.5) is 5.82 Å². The van der Waals surface area contributed by atoms with Crippen LogP contribution in [0.2, 0.25) is 0 Å². The second-order valence-electron chi connectivity index (χ2n) is 12.6. The predicted octanol–water partition coefficient (Wildman–Crippen LogP) is 2.28. The molecule has 57 heavy (non-hydrogen) atoms. The number of nitrogens with one attached hydrogen (secondary N) is 2. The molecule has 0 aliphatic carbocycles. The van der Waals surface area contributed by atoms with E-state index in [0.29, 0.717) is 18.4 Å². The molecule has 17 nitrogen and oxygen atoms in total.